The van der Waals surface area contributed by atoms with E-state index in [0.717, 1.165) is 11.1 Å². The summed E-state index contributed by atoms with van der Waals surface area (Å²) in [6.45, 7) is 6.78. The molecule has 0 fully saturated rings. The summed E-state index contributed by atoms with van der Waals surface area (Å²) in [5, 5.41) is 10.5. The normalized spacial score (nSPS) is 15.0. The van der Waals surface area contributed by atoms with Gasteiger partial charge in [-0.15, -0.1) is 0 Å². The molecule has 0 aliphatic carbocycles. The fraction of sp³-hybridized carbons (Fsp3) is 0.391. The molecule has 0 saturated carbocycles. The van der Waals surface area contributed by atoms with Crippen molar-refractivity contribution in [3.63, 3.8) is 0 Å². The SMILES string of the molecule is COc1ccc(Cn2cc(CNc3nc(C)c4c(n3)N(C)[C@@H](C(C)C)C(=O)N4)cn2)cc1F.S. The second-order valence-electron chi connectivity index (χ2n) is 8.49. The first-order valence-corrected chi connectivity index (χ1v) is 10.8. The Morgan fingerprint density at radius 3 is 2.71 bits per heavy atom. The van der Waals surface area contributed by atoms with Crippen molar-refractivity contribution in [2.45, 2.75) is 39.9 Å². The van der Waals surface area contributed by atoms with Crippen LogP contribution >= 0.6 is 13.5 Å². The van der Waals surface area contributed by atoms with Crippen LogP contribution in [0.4, 0.5) is 21.8 Å². The molecule has 1 aliphatic heterocycles. The number of ether oxygens (including phenoxy) is 1. The fourth-order valence-electron chi connectivity index (χ4n) is 4.05. The lowest BCUT2D eigenvalue weighted by atomic mass is 9.99. The van der Waals surface area contributed by atoms with E-state index in [1.54, 1.807) is 16.9 Å². The lowest BCUT2D eigenvalue weighted by Gasteiger charge is -2.36. The molecule has 0 radical (unpaired) electrons. The van der Waals surface area contributed by atoms with Crippen molar-refractivity contribution >= 4 is 36.9 Å². The largest absolute Gasteiger partial charge is 0.494 e. The van der Waals surface area contributed by atoms with Gasteiger partial charge in [0.1, 0.15) is 11.7 Å². The van der Waals surface area contributed by atoms with Gasteiger partial charge in [0.25, 0.3) is 0 Å². The van der Waals surface area contributed by atoms with E-state index >= 15 is 0 Å². The van der Waals surface area contributed by atoms with Gasteiger partial charge >= 0.3 is 0 Å². The second kappa shape index (κ2) is 10.3. The number of aromatic nitrogens is 4. The molecule has 182 valence electrons. The van der Waals surface area contributed by atoms with Crippen molar-refractivity contribution in [1.29, 1.82) is 0 Å². The molecule has 1 amide bonds. The van der Waals surface area contributed by atoms with E-state index in [9.17, 15) is 9.18 Å². The molecule has 11 heteroatoms. The summed E-state index contributed by atoms with van der Waals surface area (Å²) in [4.78, 5) is 23.5. The number of hydrogen-bond donors (Lipinski definition) is 2. The second-order valence-corrected chi connectivity index (χ2v) is 8.49. The van der Waals surface area contributed by atoms with Crippen molar-refractivity contribution in [2.75, 3.05) is 29.7 Å². The summed E-state index contributed by atoms with van der Waals surface area (Å²) in [7, 11) is 3.32. The summed E-state index contributed by atoms with van der Waals surface area (Å²) in [6, 6.07) is 4.57. The number of carbonyl (C=O) groups is 1. The summed E-state index contributed by atoms with van der Waals surface area (Å²) < 4.78 is 20.6. The minimum absolute atomic E-state index is 0. The monoisotopic (exact) mass is 487 g/mol. The lowest BCUT2D eigenvalue weighted by Crippen LogP contribution is -2.49. The molecule has 0 bridgehead atoms. The summed E-state index contributed by atoms with van der Waals surface area (Å²) in [5.41, 5.74) is 3.06. The molecule has 1 atom stereocenters. The number of hydrogen-bond acceptors (Lipinski definition) is 7. The van der Waals surface area contributed by atoms with Crippen LogP contribution in [0.2, 0.25) is 0 Å². The van der Waals surface area contributed by atoms with Gasteiger partial charge in [-0.3, -0.25) is 9.48 Å². The Hall–Kier alpha value is -3.34. The molecule has 0 saturated heterocycles. The maximum Gasteiger partial charge on any atom is 0.247 e. The Balaban J connectivity index is 0.00000324. The molecule has 3 heterocycles. The highest BCUT2D eigenvalue weighted by Crippen LogP contribution is 2.34. The first-order valence-electron chi connectivity index (χ1n) is 10.8. The Bertz CT molecular complexity index is 1180. The number of methoxy groups -OCH3 is 1. The molecule has 1 aliphatic rings. The fourth-order valence-corrected chi connectivity index (χ4v) is 4.05. The van der Waals surface area contributed by atoms with Crippen molar-refractivity contribution in [3.8, 4) is 5.75 Å². The number of halogens is 1. The van der Waals surface area contributed by atoms with Crippen LogP contribution in [0.15, 0.2) is 30.6 Å². The zero-order chi connectivity index (χ0) is 23.7. The summed E-state index contributed by atoms with van der Waals surface area (Å²) in [6.07, 6.45) is 3.64. The number of fused-ring (bicyclic) bond motifs is 1. The summed E-state index contributed by atoms with van der Waals surface area (Å²) in [5.74, 6) is 1.08. The first-order chi connectivity index (χ1) is 15.8. The zero-order valence-corrected chi connectivity index (χ0v) is 20.9. The van der Waals surface area contributed by atoms with Crippen molar-refractivity contribution in [2.24, 2.45) is 5.92 Å². The van der Waals surface area contributed by atoms with Gasteiger partial charge in [-0.25, -0.2) is 9.37 Å². The van der Waals surface area contributed by atoms with Crippen LogP contribution in [-0.4, -0.2) is 45.9 Å². The van der Waals surface area contributed by atoms with E-state index < -0.39 is 5.82 Å². The minimum Gasteiger partial charge on any atom is -0.494 e. The molecule has 34 heavy (non-hydrogen) atoms. The predicted molar refractivity (Wildman–Crippen MR) is 134 cm³/mol. The van der Waals surface area contributed by atoms with Crippen LogP contribution in [-0.2, 0) is 17.9 Å². The molecule has 0 spiro atoms. The molecule has 3 aromatic rings. The molecule has 1 aromatic carbocycles. The Kier molecular flexibility index (Phi) is 7.65. The standard InChI is InChI=1S/C23H28FN7O2.H2S/c1-13(2)20-22(32)28-19-14(3)27-23(29-21(19)30(20)4)25-9-16-10-26-31(12-16)11-15-6-7-18(33-5)17(24)8-15;/h6-8,10,12-13,20H,9,11H2,1-5H3,(H,28,32)(H,25,27,29);1H2/t20-;/m0./s1. The van der Waals surface area contributed by atoms with Crippen LogP contribution in [0.3, 0.4) is 0 Å². The smallest absolute Gasteiger partial charge is 0.247 e. The maximum absolute atomic E-state index is 13.9. The molecule has 2 aromatic heterocycles. The third kappa shape index (κ3) is 5.09. The topological polar surface area (TPSA) is 97.2 Å². The van der Waals surface area contributed by atoms with Crippen molar-refractivity contribution in [3.05, 3.63) is 53.2 Å². The zero-order valence-electron chi connectivity index (χ0n) is 19.9. The predicted octanol–water partition coefficient (Wildman–Crippen LogP) is 3.32. The lowest BCUT2D eigenvalue weighted by molar-refractivity contribution is -0.118. The quantitative estimate of drug-likeness (QED) is 0.528. The van der Waals surface area contributed by atoms with Gasteiger partial charge in [0.2, 0.25) is 11.9 Å². The molecular formula is C23H30FN7O2S. The minimum atomic E-state index is -0.398. The van der Waals surface area contributed by atoms with Gasteiger partial charge in [0.05, 0.1) is 25.5 Å². The molecule has 4 rings (SSSR count). The van der Waals surface area contributed by atoms with Crippen LogP contribution in [0, 0.1) is 18.7 Å². The third-order valence-corrected chi connectivity index (χ3v) is 5.67. The van der Waals surface area contributed by atoms with Gasteiger partial charge in [0, 0.05) is 25.4 Å². The maximum atomic E-state index is 13.9. The van der Waals surface area contributed by atoms with E-state index in [2.05, 4.69) is 25.7 Å². The van der Waals surface area contributed by atoms with Crippen LogP contribution < -0.4 is 20.3 Å². The van der Waals surface area contributed by atoms with Crippen molar-refractivity contribution in [1.82, 2.24) is 19.7 Å². The highest BCUT2D eigenvalue weighted by molar-refractivity contribution is 7.59. The van der Waals surface area contributed by atoms with E-state index in [-0.39, 0.29) is 37.1 Å². The van der Waals surface area contributed by atoms with E-state index in [4.69, 9.17) is 4.74 Å². The van der Waals surface area contributed by atoms with Gasteiger partial charge in [0.15, 0.2) is 17.4 Å². The van der Waals surface area contributed by atoms with E-state index in [1.807, 2.05) is 45.0 Å². The third-order valence-electron chi connectivity index (χ3n) is 5.67. The average molecular weight is 488 g/mol. The number of benzene rings is 1. The number of aryl methyl sites for hydroxylation is 1. The molecule has 2 N–H and O–H groups in total. The number of anilines is 3. The van der Waals surface area contributed by atoms with E-state index in [0.29, 0.717) is 36.2 Å². The first kappa shape index (κ1) is 25.3. The number of likely N-dealkylation sites (N-methyl/N-ethyl adjacent to an activating group) is 1. The van der Waals surface area contributed by atoms with Crippen LogP contribution in [0.25, 0.3) is 0 Å². The highest BCUT2D eigenvalue weighted by atomic mass is 32.1. The number of nitrogens with zero attached hydrogens (tertiary/aromatic N) is 5. The summed E-state index contributed by atoms with van der Waals surface area (Å²) >= 11 is 0. The Morgan fingerprint density at radius 1 is 1.26 bits per heavy atom. The molecular weight excluding hydrogens is 457 g/mol. The highest BCUT2D eigenvalue weighted by Gasteiger charge is 2.35. The number of carbonyl (C=O) groups excluding carboxylic acids is 1. The molecule has 9 nitrogen and oxygen atoms in total. The van der Waals surface area contributed by atoms with Crippen LogP contribution in [0.5, 0.6) is 5.75 Å². The average Bonchev–Trinajstić information content (AvgIpc) is 3.20. The number of nitrogens with one attached hydrogen (secondary N) is 2. The van der Waals surface area contributed by atoms with E-state index in [1.165, 1.54) is 13.2 Å². The van der Waals surface area contributed by atoms with Gasteiger partial charge in [-0.2, -0.15) is 23.6 Å². The van der Waals surface area contributed by atoms with Gasteiger partial charge < -0.3 is 20.3 Å². The van der Waals surface area contributed by atoms with Gasteiger partial charge in [-0.1, -0.05) is 19.9 Å². The molecule has 0 unspecified atom stereocenters. The van der Waals surface area contributed by atoms with Crippen molar-refractivity contribution < 1.29 is 13.9 Å². The van der Waals surface area contributed by atoms with Crippen LogP contribution in [0.1, 0.15) is 30.7 Å². The van der Waals surface area contributed by atoms with Gasteiger partial charge in [-0.05, 0) is 30.5 Å². The Labute approximate surface area is 205 Å². The number of rotatable bonds is 7. The number of amides is 1. The Morgan fingerprint density at radius 2 is 2.03 bits per heavy atom.